The fourth-order valence-electron chi connectivity index (χ4n) is 4.70. The lowest BCUT2D eigenvalue weighted by Crippen LogP contribution is -1.91. The van der Waals surface area contributed by atoms with Crippen molar-refractivity contribution in [1.82, 2.24) is 9.97 Å². The van der Waals surface area contributed by atoms with Gasteiger partial charge in [0.2, 0.25) is 0 Å². The largest absolute Gasteiger partial charge is 0.297 e. The summed E-state index contributed by atoms with van der Waals surface area (Å²) in [6.45, 7) is 4.31. The minimum atomic E-state index is 0.720. The molecule has 1 aromatic heterocycles. The molecule has 0 saturated carbocycles. The average molecular weight is 506 g/mol. The molecule has 3 nitrogen and oxygen atoms in total. The number of aliphatic imine (C=N–C) groups is 1. The first kappa shape index (κ1) is 25.7. The van der Waals surface area contributed by atoms with Gasteiger partial charge in [-0.15, -0.1) is 0 Å². The third-order valence-electron chi connectivity index (χ3n) is 6.75. The number of rotatable bonds is 7. The van der Waals surface area contributed by atoms with Gasteiger partial charge in [-0.1, -0.05) is 72.8 Å². The summed E-state index contributed by atoms with van der Waals surface area (Å²) in [5.41, 5.74) is 11.7. The van der Waals surface area contributed by atoms with Gasteiger partial charge >= 0.3 is 0 Å². The Balaban J connectivity index is 1.57. The number of aryl methyl sites for hydroxylation is 1. The van der Waals surface area contributed by atoms with Crippen LogP contribution in [0.25, 0.3) is 50.3 Å². The van der Waals surface area contributed by atoms with Crippen LogP contribution in [0.1, 0.15) is 18.1 Å². The van der Waals surface area contributed by atoms with Gasteiger partial charge in [0, 0.05) is 31.2 Å². The first-order valence-corrected chi connectivity index (χ1v) is 13.1. The summed E-state index contributed by atoms with van der Waals surface area (Å²) in [6, 6.07) is 34.3. The first-order chi connectivity index (χ1) is 19.1. The highest BCUT2D eigenvalue weighted by Gasteiger charge is 2.11. The minimum absolute atomic E-state index is 0.720. The molecule has 1 heterocycles. The molecule has 190 valence electrons. The van der Waals surface area contributed by atoms with Crippen LogP contribution in [0.2, 0.25) is 0 Å². The Kier molecular flexibility index (Phi) is 7.99. The van der Waals surface area contributed by atoms with Gasteiger partial charge in [-0.25, -0.2) is 9.97 Å². The number of hydrogen-bond acceptors (Lipinski definition) is 3. The van der Waals surface area contributed by atoms with E-state index in [4.69, 9.17) is 0 Å². The maximum atomic E-state index is 4.52. The Labute approximate surface area is 231 Å². The molecule has 0 aliphatic heterocycles. The summed E-state index contributed by atoms with van der Waals surface area (Å²) < 4.78 is 0. The summed E-state index contributed by atoms with van der Waals surface area (Å²) in [4.78, 5) is 13.0. The molecule has 5 rings (SSSR count). The van der Waals surface area contributed by atoms with Crippen molar-refractivity contribution in [3.05, 3.63) is 139 Å². The normalized spacial score (nSPS) is 11.9. The lowest BCUT2D eigenvalue weighted by molar-refractivity contribution is 1.18. The van der Waals surface area contributed by atoms with Crippen molar-refractivity contribution >= 4 is 11.8 Å². The van der Waals surface area contributed by atoms with E-state index in [1.165, 1.54) is 27.8 Å². The molecule has 0 aliphatic carbocycles. The predicted octanol–water partition coefficient (Wildman–Crippen LogP) is 9.11. The molecular formula is C36H31N3. The lowest BCUT2D eigenvalue weighted by Gasteiger charge is -2.13. The third-order valence-corrected chi connectivity index (χ3v) is 6.75. The molecule has 39 heavy (non-hydrogen) atoms. The summed E-state index contributed by atoms with van der Waals surface area (Å²) >= 11 is 0. The van der Waals surface area contributed by atoms with Gasteiger partial charge < -0.3 is 0 Å². The number of nitrogens with zero attached hydrogens (tertiary/aromatic N) is 3. The zero-order valence-electron chi connectivity index (χ0n) is 22.5. The van der Waals surface area contributed by atoms with Gasteiger partial charge in [-0.3, -0.25) is 4.99 Å². The van der Waals surface area contributed by atoms with Crippen LogP contribution in [0.5, 0.6) is 0 Å². The fourth-order valence-corrected chi connectivity index (χ4v) is 4.70. The zero-order valence-corrected chi connectivity index (χ0v) is 22.5. The highest BCUT2D eigenvalue weighted by atomic mass is 14.8. The molecule has 0 spiro atoms. The molecule has 0 aliphatic rings. The topological polar surface area (TPSA) is 38.1 Å². The molecule has 0 fully saturated rings. The Morgan fingerprint density at radius 2 is 1.23 bits per heavy atom. The van der Waals surface area contributed by atoms with E-state index in [1.807, 2.05) is 24.3 Å². The molecule has 5 aromatic rings. The monoisotopic (exact) mass is 505 g/mol. The van der Waals surface area contributed by atoms with Crippen molar-refractivity contribution < 1.29 is 0 Å². The Morgan fingerprint density at radius 1 is 0.615 bits per heavy atom. The van der Waals surface area contributed by atoms with Crippen LogP contribution in [0, 0.1) is 6.92 Å². The maximum Gasteiger partial charge on any atom is 0.159 e. The van der Waals surface area contributed by atoms with Crippen molar-refractivity contribution in [2.24, 2.45) is 4.99 Å². The van der Waals surface area contributed by atoms with E-state index in [-0.39, 0.29) is 0 Å². The summed E-state index contributed by atoms with van der Waals surface area (Å²) in [5.74, 6) is 0.720. The highest BCUT2D eigenvalue weighted by Crippen LogP contribution is 2.34. The van der Waals surface area contributed by atoms with E-state index in [0.29, 0.717) is 0 Å². The number of aromatic nitrogens is 2. The van der Waals surface area contributed by atoms with E-state index in [2.05, 4.69) is 120 Å². The second kappa shape index (κ2) is 12.1. The van der Waals surface area contributed by atoms with Crippen molar-refractivity contribution in [2.75, 3.05) is 7.05 Å². The second-order valence-electron chi connectivity index (χ2n) is 9.49. The number of benzene rings is 4. The molecule has 0 amide bonds. The van der Waals surface area contributed by atoms with E-state index in [0.717, 1.165) is 33.6 Å². The van der Waals surface area contributed by atoms with Gasteiger partial charge in [-0.2, -0.15) is 0 Å². The van der Waals surface area contributed by atoms with E-state index < -0.39 is 0 Å². The maximum absolute atomic E-state index is 4.52. The van der Waals surface area contributed by atoms with Crippen LogP contribution < -0.4 is 0 Å². The first-order valence-electron chi connectivity index (χ1n) is 13.1. The molecule has 0 bridgehead atoms. The van der Waals surface area contributed by atoms with Gasteiger partial charge in [0.25, 0.3) is 0 Å². The molecule has 0 unspecified atom stereocenters. The Bertz CT molecular complexity index is 1610. The third kappa shape index (κ3) is 6.16. The number of hydrogen-bond donors (Lipinski definition) is 0. The van der Waals surface area contributed by atoms with E-state index >= 15 is 0 Å². The van der Waals surface area contributed by atoms with Crippen LogP contribution in [0.4, 0.5) is 0 Å². The fraction of sp³-hybridized carbons (Fsp3) is 0.0833. The van der Waals surface area contributed by atoms with Crippen LogP contribution in [0.15, 0.2) is 133 Å². The van der Waals surface area contributed by atoms with Gasteiger partial charge in [0.15, 0.2) is 5.82 Å². The van der Waals surface area contributed by atoms with Crippen molar-refractivity contribution in [3.8, 4) is 44.8 Å². The number of allylic oxidation sites excluding steroid dienone is 4. The predicted molar refractivity (Wildman–Crippen MR) is 166 cm³/mol. The lowest BCUT2D eigenvalue weighted by atomic mass is 9.92. The highest BCUT2D eigenvalue weighted by molar-refractivity contribution is 5.82. The van der Waals surface area contributed by atoms with Gasteiger partial charge in [0.05, 0.1) is 0 Å². The Morgan fingerprint density at radius 3 is 1.97 bits per heavy atom. The smallest absolute Gasteiger partial charge is 0.159 e. The van der Waals surface area contributed by atoms with E-state index in [9.17, 15) is 0 Å². The molecule has 3 heteroatoms. The van der Waals surface area contributed by atoms with Crippen molar-refractivity contribution in [1.29, 1.82) is 0 Å². The molecule has 0 N–H and O–H groups in total. The molecule has 0 saturated heterocycles. The quantitative estimate of drug-likeness (QED) is 0.163. The van der Waals surface area contributed by atoms with Crippen molar-refractivity contribution in [2.45, 2.75) is 13.8 Å². The molecule has 4 aromatic carbocycles. The van der Waals surface area contributed by atoms with Crippen molar-refractivity contribution in [3.63, 3.8) is 0 Å². The van der Waals surface area contributed by atoms with Gasteiger partial charge in [-0.05, 0) is 106 Å². The Hall–Kier alpha value is -4.89. The molecular weight excluding hydrogens is 474 g/mol. The zero-order chi connectivity index (χ0) is 27.0. The van der Waals surface area contributed by atoms with Crippen LogP contribution >= 0.6 is 0 Å². The second-order valence-corrected chi connectivity index (χ2v) is 9.49. The molecule has 0 atom stereocenters. The van der Waals surface area contributed by atoms with Crippen LogP contribution in [-0.4, -0.2) is 23.2 Å². The standard InChI is InChI=1S/C36H31N3/c1-26(11-7-8-18-37-3)35-25-31(17-16-27(35)2)29-14-9-15-30(21-29)33-22-32(28-12-5-4-6-13-28)23-34(24-33)36-38-19-10-20-39-36/h4-25H,1-3H3/b8-7-,26-11+,37-18+. The van der Waals surface area contributed by atoms with E-state index in [1.54, 1.807) is 25.7 Å². The SMILES string of the molecule is C/N=C/C=C\C=C(/C)c1cc(-c2cccc(-c3cc(-c4ccccc4)cc(-c4ncccn4)c3)c2)ccc1C. The van der Waals surface area contributed by atoms with Crippen LogP contribution in [-0.2, 0) is 0 Å². The summed E-state index contributed by atoms with van der Waals surface area (Å²) in [5, 5.41) is 0. The average Bonchev–Trinajstić information content (AvgIpc) is 3.00. The summed E-state index contributed by atoms with van der Waals surface area (Å²) in [6.07, 6.45) is 11.5. The summed E-state index contributed by atoms with van der Waals surface area (Å²) in [7, 11) is 1.77. The molecule has 0 radical (unpaired) electrons. The van der Waals surface area contributed by atoms with Gasteiger partial charge in [0.1, 0.15) is 0 Å². The van der Waals surface area contributed by atoms with Crippen LogP contribution in [0.3, 0.4) is 0 Å². The minimum Gasteiger partial charge on any atom is -0.297 e.